The van der Waals surface area contributed by atoms with Gasteiger partial charge in [-0.05, 0) is 19.5 Å². The zero-order valence-corrected chi connectivity index (χ0v) is 6.82. The molecule has 0 rings (SSSR count). The first kappa shape index (κ1) is 9.66. The van der Waals surface area contributed by atoms with Crippen molar-refractivity contribution in [3.05, 3.63) is 12.7 Å². The van der Waals surface area contributed by atoms with E-state index >= 15 is 0 Å². The minimum Gasteiger partial charge on any atom is -0.316 e. The number of likely N-dealkylation sites (N-methyl/N-ethyl adjacent to an activating group) is 1. The summed E-state index contributed by atoms with van der Waals surface area (Å²) in [4.78, 5) is 0. The van der Waals surface area contributed by atoms with Crippen molar-refractivity contribution in [3.63, 3.8) is 0 Å². The van der Waals surface area contributed by atoms with Gasteiger partial charge in [0.15, 0.2) is 0 Å². The summed E-state index contributed by atoms with van der Waals surface area (Å²) in [5, 5.41) is 6.52. The topological polar surface area (TPSA) is 24.1 Å². The van der Waals surface area contributed by atoms with Gasteiger partial charge in [0.05, 0.1) is 0 Å². The standard InChI is InChI=1S/C8H18N2/c1-3-5-6-10-8-7-9-4-2/h3,9-10H,1,4-8H2,2H3. The lowest BCUT2D eigenvalue weighted by Gasteiger charge is -2.01. The molecule has 0 spiro atoms. The average Bonchev–Trinajstić information content (AvgIpc) is 1.97. The molecule has 0 aromatic carbocycles. The van der Waals surface area contributed by atoms with Gasteiger partial charge in [0.1, 0.15) is 0 Å². The Balaban J connectivity index is 2.70. The van der Waals surface area contributed by atoms with Gasteiger partial charge in [0.2, 0.25) is 0 Å². The van der Waals surface area contributed by atoms with Crippen LogP contribution in [0.2, 0.25) is 0 Å². The van der Waals surface area contributed by atoms with Crippen molar-refractivity contribution in [2.75, 3.05) is 26.2 Å². The van der Waals surface area contributed by atoms with Gasteiger partial charge >= 0.3 is 0 Å². The van der Waals surface area contributed by atoms with Crippen molar-refractivity contribution >= 4 is 0 Å². The van der Waals surface area contributed by atoms with Gasteiger partial charge in [-0.2, -0.15) is 0 Å². The van der Waals surface area contributed by atoms with E-state index in [1.807, 2.05) is 6.08 Å². The normalized spacial score (nSPS) is 9.70. The third-order valence-electron chi connectivity index (χ3n) is 1.25. The molecule has 0 aliphatic carbocycles. The van der Waals surface area contributed by atoms with Gasteiger partial charge in [-0.1, -0.05) is 13.0 Å². The zero-order chi connectivity index (χ0) is 7.66. The summed E-state index contributed by atoms with van der Waals surface area (Å²) < 4.78 is 0. The van der Waals surface area contributed by atoms with E-state index < -0.39 is 0 Å². The van der Waals surface area contributed by atoms with Crippen LogP contribution in [0.5, 0.6) is 0 Å². The van der Waals surface area contributed by atoms with Crippen molar-refractivity contribution in [3.8, 4) is 0 Å². The molecule has 0 aromatic heterocycles. The molecule has 0 aliphatic rings. The van der Waals surface area contributed by atoms with Gasteiger partial charge in [0.25, 0.3) is 0 Å². The molecular weight excluding hydrogens is 124 g/mol. The highest BCUT2D eigenvalue weighted by Gasteiger charge is 1.82. The number of rotatable bonds is 7. The summed E-state index contributed by atoms with van der Waals surface area (Å²) in [6, 6.07) is 0. The van der Waals surface area contributed by atoms with Crippen molar-refractivity contribution < 1.29 is 0 Å². The molecule has 2 N–H and O–H groups in total. The van der Waals surface area contributed by atoms with Crippen LogP contribution in [0.25, 0.3) is 0 Å². The Bertz CT molecular complexity index is 71.7. The third kappa shape index (κ3) is 7.66. The maximum atomic E-state index is 3.64. The Morgan fingerprint density at radius 2 is 1.90 bits per heavy atom. The average molecular weight is 142 g/mol. The molecule has 0 bridgehead atoms. The van der Waals surface area contributed by atoms with E-state index in [0.29, 0.717) is 0 Å². The molecule has 0 aromatic rings. The molecule has 0 saturated heterocycles. The van der Waals surface area contributed by atoms with Crippen LogP contribution in [-0.2, 0) is 0 Å². The van der Waals surface area contributed by atoms with E-state index in [4.69, 9.17) is 0 Å². The van der Waals surface area contributed by atoms with E-state index in [2.05, 4.69) is 24.1 Å². The molecule has 60 valence electrons. The molecule has 0 unspecified atom stereocenters. The largest absolute Gasteiger partial charge is 0.316 e. The Kier molecular flexibility index (Phi) is 8.37. The first-order valence-electron chi connectivity index (χ1n) is 3.94. The summed E-state index contributed by atoms with van der Waals surface area (Å²) >= 11 is 0. The zero-order valence-electron chi connectivity index (χ0n) is 6.82. The molecule has 0 fully saturated rings. The van der Waals surface area contributed by atoms with Gasteiger partial charge in [-0.3, -0.25) is 0 Å². The SMILES string of the molecule is C=CCCNCCNCC. The van der Waals surface area contributed by atoms with Crippen LogP contribution in [0, 0.1) is 0 Å². The Hall–Kier alpha value is -0.340. The third-order valence-corrected chi connectivity index (χ3v) is 1.25. The Morgan fingerprint density at radius 1 is 1.20 bits per heavy atom. The van der Waals surface area contributed by atoms with Crippen LogP contribution in [0.15, 0.2) is 12.7 Å². The number of hydrogen-bond acceptors (Lipinski definition) is 2. The summed E-state index contributed by atoms with van der Waals surface area (Å²) in [5.41, 5.74) is 0. The fraction of sp³-hybridized carbons (Fsp3) is 0.750. The number of nitrogens with one attached hydrogen (secondary N) is 2. The van der Waals surface area contributed by atoms with Crippen LogP contribution in [0.3, 0.4) is 0 Å². The molecular formula is C8H18N2. The van der Waals surface area contributed by atoms with Gasteiger partial charge in [0, 0.05) is 13.1 Å². The van der Waals surface area contributed by atoms with Crippen LogP contribution in [-0.4, -0.2) is 26.2 Å². The summed E-state index contributed by atoms with van der Waals surface area (Å²) in [6.45, 7) is 9.98. The highest BCUT2D eigenvalue weighted by Crippen LogP contribution is 1.73. The molecule has 10 heavy (non-hydrogen) atoms. The van der Waals surface area contributed by atoms with Gasteiger partial charge < -0.3 is 10.6 Å². The van der Waals surface area contributed by atoms with Gasteiger partial charge in [-0.15, -0.1) is 6.58 Å². The lowest BCUT2D eigenvalue weighted by Crippen LogP contribution is -2.27. The smallest absolute Gasteiger partial charge is 0.00768 e. The van der Waals surface area contributed by atoms with E-state index in [-0.39, 0.29) is 0 Å². The quantitative estimate of drug-likeness (QED) is 0.405. The van der Waals surface area contributed by atoms with Crippen molar-refractivity contribution in [2.45, 2.75) is 13.3 Å². The van der Waals surface area contributed by atoms with E-state index in [1.165, 1.54) is 0 Å². The van der Waals surface area contributed by atoms with Gasteiger partial charge in [-0.25, -0.2) is 0 Å². The van der Waals surface area contributed by atoms with Crippen LogP contribution < -0.4 is 10.6 Å². The summed E-state index contributed by atoms with van der Waals surface area (Å²) in [7, 11) is 0. The van der Waals surface area contributed by atoms with Crippen molar-refractivity contribution in [1.82, 2.24) is 10.6 Å². The molecule has 0 heterocycles. The van der Waals surface area contributed by atoms with E-state index in [0.717, 1.165) is 32.6 Å². The fourth-order valence-corrected chi connectivity index (χ4v) is 0.683. The second-order valence-electron chi connectivity index (χ2n) is 2.18. The Labute approximate surface area is 63.7 Å². The maximum Gasteiger partial charge on any atom is 0.00768 e. The molecule has 0 radical (unpaired) electrons. The van der Waals surface area contributed by atoms with E-state index in [1.54, 1.807) is 0 Å². The second-order valence-corrected chi connectivity index (χ2v) is 2.18. The molecule has 0 saturated carbocycles. The van der Waals surface area contributed by atoms with Crippen LogP contribution in [0.1, 0.15) is 13.3 Å². The molecule has 2 nitrogen and oxygen atoms in total. The van der Waals surface area contributed by atoms with Crippen LogP contribution >= 0.6 is 0 Å². The minimum atomic E-state index is 1.05. The predicted molar refractivity (Wildman–Crippen MR) is 46.2 cm³/mol. The summed E-state index contributed by atoms with van der Waals surface area (Å²) in [5.74, 6) is 0. The lowest BCUT2D eigenvalue weighted by atomic mass is 10.4. The van der Waals surface area contributed by atoms with E-state index in [9.17, 15) is 0 Å². The lowest BCUT2D eigenvalue weighted by molar-refractivity contribution is 0.628. The summed E-state index contributed by atoms with van der Waals surface area (Å²) in [6.07, 6.45) is 2.99. The van der Waals surface area contributed by atoms with Crippen LogP contribution in [0.4, 0.5) is 0 Å². The first-order valence-corrected chi connectivity index (χ1v) is 3.94. The highest BCUT2D eigenvalue weighted by molar-refractivity contribution is 4.67. The highest BCUT2D eigenvalue weighted by atomic mass is 14.9. The Morgan fingerprint density at radius 3 is 2.50 bits per heavy atom. The molecule has 0 atom stereocenters. The second kappa shape index (κ2) is 8.66. The first-order chi connectivity index (χ1) is 4.91. The molecule has 0 amide bonds. The predicted octanol–water partition coefficient (Wildman–Crippen LogP) is 0.762. The molecule has 2 heteroatoms. The minimum absolute atomic E-state index is 1.05. The molecule has 0 aliphatic heterocycles. The fourth-order valence-electron chi connectivity index (χ4n) is 0.683. The van der Waals surface area contributed by atoms with Crippen molar-refractivity contribution in [1.29, 1.82) is 0 Å². The number of hydrogen-bond donors (Lipinski definition) is 2. The monoisotopic (exact) mass is 142 g/mol. The van der Waals surface area contributed by atoms with Crippen molar-refractivity contribution in [2.24, 2.45) is 0 Å². The maximum absolute atomic E-state index is 3.64.